The highest BCUT2D eigenvalue weighted by atomic mass is 19.4. The summed E-state index contributed by atoms with van der Waals surface area (Å²) >= 11 is 0. The van der Waals surface area contributed by atoms with Crippen LogP contribution in [0.3, 0.4) is 0 Å². The molecule has 0 aliphatic heterocycles. The lowest BCUT2D eigenvalue weighted by Crippen LogP contribution is -2.22. The number of hydrogen-bond donors (Lipinski definition) is 2. The van der Waals surface area contributed by atoms with Crippen LogP contribution in [0.15, 0.2) is 48.5 Å². The number of hydrogen-bond acceptors (Lipinski definition) is 3. The molecular formula is C18H18F4N2O2. The van der Waals surface area contributed by atoms with E-state index in [0.717, 1.165) is 0 Å². The zero-order valence-corrected chi connectivity index (χ0v) is 13.8. The van der Waals surface area contributed by atoms with E-state index in [9.17, 15) is 22.4 Å². The Kier molecular flexibility index (Phi) is 6.82. The molecule has 0 radical (unpaired) electrons. The summed E-state index contributed by atoms with van der Waals surface area (Å²) in [6, 6.07) is 11.8. The lowest BCUT2D eigenvalue weighted by atomic mass is 10.2. The van der Waals surface area contributed by atoms with Gasteiger partial charge in [-0.25, -0.2) is 4.39 Å². The first-order valence-corrected chi connectivity index (χ1v) is 7.91. The molecule has 0 spiro atoms. The van der Waals surface area contributed by atoms with Crippen molar-refractivity contribution in [2.75, 3.05) is 23.8 Å². The number of carbonyl (C=O) groups is 1. The predicted molar refractivity (Wildman–Crippen MR) is 90.7 cm³/mol. The molecular weight excluding hydrogens is 352 g/mol. The minimum absolute atomic E-state index is 0.114. The Balaban J connectivity index is 1.78. The maximum absolute atomic E-state index is 13.0. The number of carbonyl (C=O) groups excluding carboxylic acids is 1. The van der Waals surface area contributed by atoms with Crippen molar-refractivity contribution in [1.29, 1.82) is 0 Å². The second-order valence-electron chi connectivity index (χ2n) is 5.47. The maximum Gasteiger partial charge on any atom is 0.405 e. The van der Waals surface area contributed by atoms with Gasteiger partial charge in [-0.05, 0) is 30.7 Å². The number of rotatable bonds is 8. The fraction of sp³-hybridized carbons (Fsp3) is 0.278. The second-order valence-corrected chi connectivity index (χ2v) is 5.47. The second kappa shape index (κ2) is 9.07. The van der Waals surface area contributed by atoms with Crippen molar-refractivity contribution in [3.05, 3.63) is 54.3 Å². The summed E-state index contributed by atoms with van der Waals surface area (Å²) in [7, 11) is 0. The molecule has 0 heterocycles. The van der Waals surface area contributed by atoms with E-state index in [0.29, 0.717) is 12.2 Å². The van der Waals surface area contributed by atoms with Gasteiger partial charge in [-0.3, -0.25) is 4.79 Å². The lowest BCUT2D eigenvalue weighted by Gasteiger charge is -2.14. The lowest BCUT2D eigenvalue weighted by molar-refractivity contribution is -0.116. The van der Waals surface area contributed by atoms with E-state index < -0.39 is 18.5 Å². The first-order chi connectivity index (χ1) is 12.3. The highest BCUT2D eigenvalue weighted by Crippen LogP contribution is 2.23. The zero-order valence-electron chi connectivity index (χ0n) is 13.8. The van der Waals surface area contributed by atoms with Crippen molar-refractivity contribution >= 4 is 17.3 Å². The Bertz CT molecular complexity index is 735. The molecule has 26 heavy (non-hydrogen) atoms. The molecule has 2 aromatic rings. The Morgan fingerprint density at radius 1 is 1.04 bits per heavy atom. The van der Waals surface area contributed by atoms with Gasteiger partial charge in [0.2, 0.25) is 5.91 Å². The summed E-state index contributed by atoms with van der Waals surface area (Å²) < 4.78 is 55.3. The molecule has 0 fully saturated rings. The predicted octanol–water partition coefficient (Wildman–Crippen LogP) is 4.60. The highest BCUT2D eigenvalue weighted by Gasteiger charge is 2.27. The minimum atomic E-state index is -4.36. The maximum atomic E-state index is 13.0. The van der Waals surface area contributed by atoms with Crippen molar-refractivity contribution in [1.82, 2.24) is 0 Å². The van der Waals surface area contributed by atoms with Crippen molar-refractivity contribution in [3.8, 4) is 5.75 Å². The van der Waals surface area contributed by atoms with Crippen LogP contribution in [-0.2, 0) is 4.79 Å². The van der Waals surface area contributed by atoms with Crippen LogP contribution in [0.25, 0.3) is 0 Å². The molecule has 2 aromatic carbocycles. The fourth-order valence-corrected chi connectivity index (χ4v) is 2.13. The van der Waals surface area contributed by atoms with Crippen LogP contribution in [0.5, 0.6) is 5.75 Å². The first kappa shape index (κ1) is 19.6. The third-order valence-electron chi connectivity index (χ3n) is 3.29. The van der Waals surface area contributed by atoms with Gasteiger partial charge in [-0.1, -0.05) is 18.2 Å². The number of anilines is 2. The molecule has 0 saturated heterocycles. The molecule has 1 amide bonds. The van der Waals surface area contributed by atoms with Gasteiger partial charge in [-0.2, -0.15) is 13.2 Å². The number of alkyl halides is 3. The number of para-hydroxylation sites is 2. The van der Waals surface area contributed by atoms with E-state index in [1.807, 2.05) is 0 Å². The summed E-state index contributed by atoms with van der Waals surface area (Å²) in [5, 5.41) is 4.82. The van der Waals surface area contributed by atoms with E-state index in [4.69, 9.17) is 4.74 Å². The van der Waals surface area contributed by atoms with Crippen molar-refractivity contribution < 1.29 is 27.1 Å². The smallest absolute Gasteiger partial charge is 0.405 e. The Morgan fingerprint density at radius 2 is 1.77 bits per heavy atom. The first-order valence-electron chi connectivity index (χ1n) is 7.91. The van der Waals surface area contributed by atoms with Crippen LogP contribution in [0.2, 0.25) is 0 Å². The highest BCUT2D eigenvalue weighted by molar-refractivity contribution is 5.94. The van der Waals surface area contributed by atoms with E-state index in [1.165, 1.54) is 30.3 Å². The molecule has 0 bridgehead atoms. The quantitative estimate of drug-likeness (QED) is 0.528. The number of halogens is 4. The van der Waals surface area contributed by atoms with Gasteiger partial charge in [-0.15, -0.1) is 0 Å². The summed E-state index contributed by atoms with van der Waals surface area (Å²) in [6.45, 7) is -0.980. The van der Waals surface area contributed by atoms with E-state index in [1.54, 1.807) is 18.2 Å². The zero-order chi connectivity index (χ0) is 19.0. The van der Waals surface area contributed by atoms with Crippen molar-refractivity contribution in [2.45, 2.75) is 19.0 Å². The Labute approximate surface area is 148 Å². The number of nitrogens with one attached hydrogen (secondary N) is 2. The number of benzene rings is 2. The monoisotopic (exact) mass is 370 g/mol. The van der Waals surface area contributed by atoms with Crippen LogP contribution in [0, 0.1) is 5.82 Å². The molecule has 4 nitrogen and oxygen atoms in total. The normalized spacial score (nSPS) is 11.1. The minimum Gasteiger partial charge on any atom is -0.493 e. The molecule has 140 valence electrons. The van der Waals surface area contributed by atoms with E-state index >= 15 is 0 Å². The molecule has 8 heteroatoms. The molecule has 2 N–H and O–H groups in total. The molecule has 0 unspecified atom stereocenters. The van der Waals surface area contributed by atoms with Gasteiger partial charge in [0.1, 0.15) is 18.1 Å². The molecule has 0 aromatic heterocycles. The van der Waals surface area contributed by atoms with Crippen LogP contribution < -0.4 is 15.4 Å². The van der Waals surface area contributed by atoms with Gasteiger partial charge in [0, 0.05) is 12.5 Å². The summed E-state index contributed by atoms with van der Waals surface area (Å²) in [4.78, 5) is 12.0. The number of amides is 1. The third-order valence-corrected chi connectivity index (χ3v) is 3.29. The van der Waals surface area contributed by atoms with Gasteiger partial charge in [0.05, 0.1) is 18.0 Å². The standard InChI is InChI=1S/C18H18F4N2O2/c19-13-5-3-6-14(11-13)26-10-4-9-17(25)24-16-8-2-1-7-15(16)23-12-18(20,21)22/h1-3,5-8,11,23H,4,9-10,12H2,(H,24,25). The van der Waals surface area contributed by atoms with Gasteiger partial charge in [0.15, 0.2) is 0 Å². The van der Waals surface area contributed by atoms with E-state index in [2.05, 4.69) is 10.6 Å². The summed E-state index contributed by atoms with van der Waals surface area (Å²) in [6.07, 6.45) is -3.87. The van der Waals surface area contributed by atoms with Gasteiger partial charge >= 0.3 is 6.18 Å². The average molecular weight is 370 g/mol. The Hall–Kier alpha value is -2.77. The van der Waals surface area contributed by atoms with Crippen LogP contribution in [-0.4, -0.2) is 25.2 Å². The van der Waals surface area contributed by atoms with E-state index in [-0.39, 0.29) is 30.3 Å². The van der Waals surface area contributed by atoms with Crippen LogP contribution >= 0.6 is 0 Å². The SMILES string of the molecule is O=C(CCCOc1cccc(F)c1)Nc1ccccc1NCC(F)(F)F. The topological polar surface area (TPSA) is 50.4 Å². The molecule has 0 aliphatic carbocycles. The van der Waals surface area contributed by atoms with Crippen molar-refractivity contribution in [3.63, 3.8) is 0 Å². The molecule has 2 rings (SSSR count). The largest absolute Gasteiger partial charge is 0.493 e. The molecule has 0 saturated carbocycles. The summed E-state index contributed by atoms with van der Waals surface area (Å²) in [5.74, 6) is -0.399. The molecule has 0 aliphatic rings. The van der Waals surface area contributed by atoms with Crippen molar-refractivity contribution in [2.24, 2.45) is 0 Å². The summed E-state index contributed by atoms with van der Waals surface area (Å²) in [5.41, 5.74) is 0.460. The average Bonchev–Trinajstić information content (AvgIpc) is 2.57. The van der Waals surface area contributed by atoms with Crippen LogP contribution in [0.4, 0.5) is 28.9 Å². The fourth-order valence-electron chi connectivity index (χ4n) is 2.13. The Morgan fingerprint density at radius 3 is 2.46 bits per heavy atom. The van der Waals surface area contributed by atoms with Crippen LogP contribution in [0.1, 0.15) is 12.8 Å². The third kappa shape index (κ3) is 7.00. The number of ether oxygens (including phenoxy) is 1. The van der Waals surface area contributed by atoms with Gasteiger partial charge < -0.3 is 15.4 Å². The molecule has 0 atom stereocenters. The van der Waals surface area contributed by atoms with Gasteiger partial charge in [0.25, 0.3) is 0 Å².